The number of fused-ring (bicyclic) bond motifs is 8. The van der Waals surface area contributed by atoms with E-state index in [4.69, 9.17) is 10.1 Å². The van der Waals surface area contributed by atoms with Crippen LogP contribution in [0.25, 0.3) is 28.5 Å². The molecule has 13 heteroatoms. The van der Waals surface area contributed by atoms with Crippen LogP contribution in [0.5, 0.6) is 0 Å². The van der Waals surface area contributed by atoms with Crippen LogP contribution in [-0.4, -0.2) is 50.0 Å². The second kappa shape index (κ2) is 13.4. The van der Waals surface area contributed by atoms with Crippen LogP contribution >= 0.6 is 11.8 Å². The molecule has 2 N–H and O–H groups in total. The number of H-pyrrole nitrogens is 1. The van der Waals surface area contributed by atoms with Crippen LogP contribution < -0.4 is 0 Å². The molecule has 3 aromatic heterocycles. The molecule has 0 radical (unpaired) electrons. The molecule has 262 valence electrons. The summed E-state index contributed by atoms with van der Waals surface area (Å²) in [5.41, 5.74) is 1.10. The minimum Gasteiger partial charge on any atom is -0.481 e. The van der Waals surface area contributed by atoms with Crippen LogP contribution in [0.3, 0.4) is 0 Å². The number of pyridine rings is 1. The second-order valence-corrected chi connectivity index (χ2v) is 17.1. The van der Waals surface area contributed by atoms with Crippen LogP contribution in [0.1, 0.15) is 69.5 Å². The van der Waals surface area contributed by atoms with E-state index in [2.05, 4.69) is 9.97 Å². The van der Waals surface area contributed by atoms with Gasteiger partial charge in [-0.25, -0.2) is 26.9 Å². The highest BCUT2D eigenvalue weighted by atomic mass is 32.2. The minimum absolute atomic E-state index is 0.0432. The van der Waals surface area contributed by atoms with Crippen molar-refractivity contribution in [3.05, 3.63) is 94.4 Å². The number of benzene rings is 2. The Kier molecular flexibility index (Phi) is 9.51. The summed E-state index contributed by atoms with van der Waals surface area (Å²) in [7, 11) is -2.02. The third kappa shape index (κ3) is 7.11. The second-order valence-electron chi connectivity index (χ2n) is 14.1. The average molecular weight is 720 g/mol. The molecule has 2 atom stereocenters. The number of aromatic amines is 1. The lowest BCUT2D eigenvalue weighted by Crippen LogP contribution is -2.28. The Morgan fingerprint density at radius 2 is 1.90 bits per heavy atom. The fourth-order valence-electron chi connectivity index (χ4n) is 6.67. The molecule has 4 bridgehead atoms. The molecule has 0 amide bonds. The molecule has 1 aliphatic rings. The molecule has 4 heterocycles. The van der Waals surface area contributed by atoms with E-state index < -0.39 is 44.2 Å². The van der Waals surface area contributed by atoms with Crippen LogP contribution in [0.15, 0.2) is 70.1 Å². The number of carboxylic acid groups (broad SMARTS) is 1. The van der Waals surface area contributed by atoms with E-state index in [0.29, 0.717) is 53.3 Å². The van der Waals surface area contributed by atoms with Crippen molar-refractivity contribution in [2.45, 2.75) is 68.6 Å². The highest BCUT2D eigenvalue weighted by Crippen LogP contribution is 2.42. The summed E-state index contributed by atoms with van der Waals surface area (Å²) in [6, 6.07) is 12.8. The molecule has 0 aliphatic carbocycles. The van der Waals surface area contributed by atoms with E-state index in [0.717, 1.165) is 28.3 Å². The maximum absolute atomic E-state index is 15.8. The lowest BCUT2D eigenvalue weighted by atomic mass is 9.75. The van der Waals surface area contributed by atoms with Gasteiger partial charge >= 0.3 is 5.97 Å². The minimum atomic E-state index is -3.79. The van der Waals surface area contributed by atoms with Gasteiger partial charge in [0.2, 0.25) is 0 Å². The molecule has 9 nitrogen and oxygen atoms in total. The number of hydrogen-bond acceptors (Lipinski definition) is 7. The van der Waals surface area contributed by atoms with Gasteiger partial charge in [-0.15, -0.1) is 0 Å². The van der Waals surface area contributed by atoms with Crippen LogP contribution in [0.2, 0.25) is 0 Å². The zero-order valence-corrected chi connectivity index (χ0v) is 30.1. The van der Waals surface area contributed by atoms with Gasteiger partial charge < -0.3 is 10.1 Å². The quantitative estimate of drug-likeness (QED) is 0.191. The fourth-order valence-corrected chi connectivity index (χ4v) is 9.35. The van der Waals surface area contributed by atoms with Gasteiger partial charge in [-0.1, -0.05) is 63.2 Å². The van der Waals surface area contributed by atoms with Gasteiger partial charge in [0, 0.05) is 40.7 Å². The maximum atomic E-state index is 15.8. The van der Waals surface area contributed by atoms with Crippen molar-refractivity contribution in [3.63, 3.8) is 0 Å². The number of aliphatic carboxylic acids is 1. The number of rotatable bonds is 4. The summed E-state index contributed by atoms with van der Waals surface area (Å²) in [6.07, 6.45) is 6.54. The Balaban J connectivity index is 1.51. The smallest absolute Gasteiger partial charge is 0.306 e. The Morgan fingerprint density at radius 1 is 1.12 bits per heavy atom. The van der Waals surface area contributed by atoms with E-state index in [-0.39, 0.29) is 21.7 Å². The number of carboxylic acids is 1. The molecule has 1 aliphatic heterocycles. The van der Waals surface area contributed by atoms with Gasteiger partial charge in [0.05, 0.1) is 27.5 Å². The van der Waals surface area contributed by atoms with Crippen LogP contribution in [0, 0.1) is 23.0 Å². The molecular formula is C37H39F2N5O4S2. The molecule has 0 saturated carbocycles. The lowest BCUT2D eigenvalue weighted by molar-refractivity contribution is -0.141. The molecular weight excluding hydrogens is 681 g/mol. The first-order valence-corrected chi connectivity index (χ1v) is 18.9. The molecule has 6 rings (SSSR count). The fraction of sp³-hybridized carbons (Fsp3) is 0.351. The van der Waals surface area contributed by atoms with Gasteiger partial charge in [0.15, 0.2) is 33.1 Å². The number of aromatic nitrogens is 5. The van der Waals surface area contributed by atoms with Crippen LogP contribution in [-0.2, 0) is 33.5 Å². The van der Waals surface area contributed by atoms with Gasteiger partial charge in [-0.2, -0.15) is 5.10 Å². The van der Waals surface area contributed by atoms with Crippen molar-refractivity contribution in [1.82, 2.24) is 24.7 Å². The maximum Gasteiger partial charge on any atom is 0.306 e. The standard InChI is InChI=1S/C37H39F2N5O4S2/c1-22(34(45)46)18-23-8-6-9-24(19-23)37(4)14-7-13-36(2,3)21-50(47,48)17-12-27-26-11-16-41-31(26)29(38)30(39)32(27)49-25-10-15-40-28(20-25)33-42-35(37)43-44(33)5/h6,8-12,15-17,19-20,22,41H,7,13-14,18,21H2,1-5H3,(H,45,46)/b17-12+/t22-,37-/m1/s1. The highest BCUT2D eigenvalue weighted by Gasteiger charge is 2.36. The van der Waals surface area contributed by atoms with E-state index in [9.17, 15) is 18.3 Å². The predicted molar refractivity (Wildman–Crippen MR) is 190 cm³/mol. The van der Waals surface area contributed by atoms with Crippen LogP contribution in [0.4, 0.5) is 8.78 Å². The third-order valence-electron chi connectivity index (χ3n) is 9.42. The number of hydrogen-bond donors (Lipinski definition) is 2. The summed E-state index contributed by atoms with van der Waals surface area (Å²) >= 11 is 0.971. The van der Waals surface area contributed by atoms with E-state index in [1.54, 1.807) is 43.0 Å². The first-order valence-electron chi connectivity index (χ1n) is 16.3. The van der Waals surface area contributed by atoms with E-state index >= 15 is 8.78 Å². The molecule has 50 heavy (non-hydrogen) atoms. The summed E-state index contributed by atoms with van der Waals surface area (Å²) in [5.74, 6) is -2.73. The van der Waals surface area contributed by atoms with Crippen molar-refractivity contribution in [2.24, 2.45) is 18.4 Å². The Bertz CT molecular complexity index is 2250. The van der Waals surface area contributed by atoms with Crippen molar-refractivity contribution >= 4 is 44.5 Å². The third-order valence-corrected chi connectivity index (χ3v) is 12.2. The summed E-state index contributed by atoms with van der Waals surface area (Å²) in [5, 5.41) is 15.9. The largest absolute Gasteiger partial charge is 0.481 e. The lowest BCUT2D eigenvalue weighted by Gasteiger charge is -2.30. The average Bonchev–Trinajstić information content (AvgIpc) is 3.70. The zero-order valence-electron chi connectivity index (χ0n) is 28.5. The van der Waals surface area contributed by atoms with E-state index in [1.807, 2.05) is 45.0 Å². The molecule has 0 spiro atoms. The number of nitrogens with one attached hydrogen (secondary N) is 1. The Hall–Kier alpha value is -4.36. The summed E-state index contributed by atoms with van der Waals surface area (Å²) in [6.45, 7) is 7.53. The summed E-state index contributed by atoms with van der Waals surface area (Å²) < 4.78 is 59.8. The first-order chi connectivity index (χ1) is 23.6. The summed E-state index contributed by atoms with van der Waals surface area (Å²) in [4.78, 5) is 24.4. The normalized spacial score (nSPS) is 20.4. The highest BCUT2D eigenvalue weighted by molar-refractivity contribution is 7.99. The Labute approximate surface area is 294 Å². The topological polar surface area (TPSA) is 131 Å². The molecule has 0 fully saturated rings. The van der Waals surface area contributed by atoms with Gasteiger partial charge in [-0.3, -0.25) is 9.78 Å². The molecule has 0 saturated heterocycles. The van der Waals surface area contributed by atoms with Crippen molar-refractivity contribution in [3.8, 4) is 11.5 Å². The van der Waals surface area contributed by atoms with E-state index in [1.165, 1.54) is 12.3 Å². The van der Waals surface area contributed by atoms with Gasteiger partial charge in [-0.05, 0) is 67.0 Å². The SMILES string of the molecule is C[C@H](Cc1cccc([C@@]2(C)CCCC(C)(C)CS(=O)(=O)/C=C/c3c(c(F)c(F)c4[nH]ccc34)Sc3ccnc(c3)-c3nc2nn3C)c1)C(=O)O. The van der Waals surface area contributed by atoms with Gasteiger partial charge in [0.25, 0.3) is 0 Å². The van der Waals surface area contributed by atoms with Crippen molar-refractivity contribution < 1.29 is 27.1 Å². The number of sulfone groups is 1. The predicted octanol–water partition coefficient (Wildman–Crippen LogP) is 7.95. The molecule has 5 aromatic rings. The number of carbonyl (C=O) groups is 1. The zero-order chi connectivity index (χ0) is 36.0. The monoisotopic (exact) mass is 719 g/mol. The molecule has 0 unspecified atom stereocenters. The molecule has 2 aromatic carbocycles. The first kappa shape index (κ1) is 35.5. The number of halogens is 2. The van der Waals surface area contributed by atoms with Crippen molar-refractivity contribution in [1.29, 1.82) is 0 Å². The van der Waals surface area contributed by atoms with Crippen molar-refractivity contribution in [2.75, 3.05) is 5.75 Å². The number of aryl methyl sites for hydroxylation is 1. The number of nitrogens with zero attached hydrogens (tertiary/aromatic N) is 4. The van der Waals surface area contributed by atoms with Gasteiger partial charge in [0.1, 0.15) is 5.69 Å². The Morgan fingerprint density at radius 3 is 2.66 bits per heavy atom.